The van der Waals surface area contributed by atoms with Crippen molar-refractivity contribution >= 4 is 5.91 Å². The lowest BCUT2D eigenvalue weighted by atomic mass is 9.96. The molecule has 2 heterocycles. The Kier molecular flexibility index (Phi) is 5.26. The Morgan fingerprint density at radius 1 is 1.48 bits per heavy atom. The van der Waals surface area contributed by atoms with E-state index in [0.29, 0.717) is 25.5 Å². The summed E-state index contributed by atoms with van der Waals surface area (Å²) in [4.78, 5) is 16.7. The summed E-state index contributed by atoms with van der Waals surface area (Å²) in [6, 6.07) is 5.73. The Morgan fingerprint density at radius 3 is 3.08 bits per heavy atom. The largest absolute Gasteiger partial charge is 0.497 e. The highest BCUT2D eigenvalue weighted by Crippen LogP contribution is 2.31. The number of fused-ring (bicyclic) bond motifs is 1. The number of methoxy groups -OCH3 is 1. The van der Waals surface area contributed by atoms with Gasteiger partial charge in [-0.3, -0.25) is 4.79 Å². The molecule has 6 nitrogen and oxygen atoms in total. The minimum atomic E-state index is -0.178. The van der Waals surface area contributed by atoms with Crippen LogP contribution in [0.25, 0.3) is 0 Å². The summed E-state index contributed by atoms with van der Waals surface area (Å²) in [7, 11) is 1.63. The molecule has 1 aliphatic rings. The number of amides is 1. The van der Waals surface area contributed by atoms with Gasteiger partial charge in [0, 0.05) is 18.8 Å². The van der Waals surface area contributed by atoms with E-state index >= 15 is 0 Å². The number of hydrogen-bond donors (Lipinski definition) is 1. The Labute approximate surface area is 148 Å². The molecule has 1 N–H and O–H groups in total. The highest BCUT2D eigenvalue weighted by molar-refractivity contribution is 5.79. The minimum Gasteiger partial charge on any atom is -0.497 e. The zero-order chi connectivity index (χ0) is 17.8. The van der Waals surface area contributed by atoms with Crippen molar-refractivity contribution in [2.24, 2.45) is 11.8 Å². The second-order valence-corrected chi connectivity index (χ2v) is 6.83. The van der Waals surface area contributed by atoms with Crippen LogP contribution in [-0.2, 0) is 24.3 Å². The number of carbonyl (C=O) groups is 1. The average molecular weight is 343 g/mol. The van der Waals surface area contributed by atoms with Crippen molar-refractivity contribution in [2.45, 2.75) is 33.4 Å². The van der Waals surface area contributed by atoms with Gasteiger partial charge in [0.15, 0.2) is 0 Å². The highest BCUT2D eigenvalue weighted by atomic mass is 16.5. The second-order valence-electron chi connectivity index (χ2n) is 6.83. The van der Waals surface area contributed by atoms with Crippen molar-refractivity contribution < 1.29 is 14.3 Å². The van der Waals surface area contributed by atoms with Gasteiger partial charge in [0.05, 0.1) is 31.6 Å². The maximum Gasteiger partial charge on any atom is 0.227 e. The molecule has 134 valence electrons. The molecule has 1 unspecified atom stereocenters. The Balaban J connectivity index is 1.58. The van der Waals surface area contributed by atoms with Gasteiger partial charge in [-0.15, -0.1) is 0 Å². The molecule has 1 aromatic carbocycles. The summed E-state index contributed by atoms with van der Waals surface area (Å²) in [5.41, 5.74) is 2.06. The summed E-state index contributed by atoms with van der Waals surface area (Å²) in [5, 5.41) is 3.02. The van der Waals surface area contributed by atoms with Crippen LogP contribution in [0.5, 0.6) is 11.5 Å². The lowest BCUT2D eigenvalue weighted by Crippen LogP contribution is -2.37. The zero-order valence-electron chi connectivity index (χ0n) is 15.0. The molecule has 0 fully saturated rings. The molecule has 2 aromatic rings. The van der Waals surface area contributed by atoms with Crippen molar-refractivity contribution in [2.75, 3.05) is 13.7 Å². The summed E-state index contributed by atoms with van der Waals surface area (Å²) < 4.78 is 13.0. The Morgan fingerprint density at radius 2 is 2.32 bits per heavy atom. The third-order valence-electron chi connectivity index (χ3n) is 4.36. The molecule has 0 saturated carbocycles. The molecule has 0 saturated heterocycles. The van der Waals surface area contributed by atoms with Gasteiger partial charge < -0.3 is 19.4 Å². The first-order chi connectivity index (χ1) is 12.1. The van der Waals surface area contributed by atoms with Crippen molar-refractivity contribution in [3.63, 3.8) is 0 Å². The van der Waals surface area contributed by atoms with Crippen molar-refractivity contribution in [1.82, 2.24) is 14.9 Å². The number of benzene rings is 1. The first-order valence-corrected chi connectivity index (χ1v) is 8.63. The van der Waals surface area contributed by atoms with Crippen LogP contribution in [0.4, 0.5) is 0 Å². The second kappa shape index (κ2) is 7.59. The monoisotopic (exact) mass is 343 g/mol. The molecule has 0 aliphatic carbocycles. The third-order valence-corrected chi connectivity index (χ3v) is 4.36. The predicted molar refractivity (Wildman–Crippen MR) is 94.6 cm³/mol. The molecule has 3 rings (SSSR count). The smallest absolute Gasteiger partial charge is 0.227 e. The topological polar surface area (TPSA) is 65.4 Å². The quantitative estimate of drug-likeness (QED) is 0.875. The Bertz CT molecular complexity index is 739. The molecule has 0 radical (unpaired) electrons. The van der Waals surface area contributed by atoms with Crippen LogP contribution in [-0.4, -0.2) is 29.2 Å². The SMILES string of the molecule is COc1ccc2c(c1)OCC(C(=O)NCc1cncn1CC(C)C)C2. The maximum atomic E-state index is 12.5. The lowest BCUT2D eigenvalue weighted by molar-refractivity contribution is -0.126. The predicted octanol–water partition coefficient (Wildman–Crippen LogP) is 2.42. The van der Waals surface area contributed by atoms with Gasteiger partial charge in [-0.2, -0.15) is 0 Å². The maximum absolute atomic E-state index is 12.5. The van der Waals surface area contributed by atoms with E-state index in [1.54, 1.807) is 7.11 Å². The van der Waals surface area contributed by atoms with Gasteiger partial charge in [0.1, 0.15) is 18.1 Å². The van der Waals surface area contributed by atoms with Gasteiger partial charge in [-0.05, 0) is 24.0 Å². The van der Waals surface area contributed by atoms with Crippen LogP contribution in [0.2, 0.25) is 0 Å². The lowest BCUT2D eigenvalue weighted by Gasteiger charge is -2.25. The summed E-state index contributed by atoms with van der Waals surface area (Å²) >= 11 is 0. The van der Waals surface area contributed by atoms with Crippen molar-refractivity contribution in [3.8, 4) is 11.5 Å². The van der Waals surface area contributed by atoms with Crippen LogP contribution >= 0.6 is 0 Å². The molecule has 1 aromatic heterocycles. The molecular weight excluding hydrogens is 318 g/mol. The normalized spacial score (nSPS) is 16.2. The minimum absolute atomic E-state index is 0.0127. The number of nitrogens with one attached hydrogen (secondary N) is 1. The first kappa shape index (κ1) is 17.3. The van der Waals surface area contributed by atoms with Crippen LogP contribution in [0.15, 0.2) is 30.7 Å². The van der Waals surface area contributed by atoms with E-state index in [2.05, 4.69) is 28.7 Å². The molecule has 1 atom stereocenters. The highest BCUT2D eigenvalue weighted by Gasteiger charge is 2.26. The molecule has 1 amide bonds. The fourth-order valence-electron chi connectivity index (χ4n) is 3.02. The molecule has 0 spiro atoms. The number of imidazole rings is 1. The standard InChI is InChI=1S/C19H25N3O3/c1-13(2)10-22-12-20-8-16(22)9-21-19(23)15-6-14-4-5-17(24-3)7-18(14)25-11-15/h4-5,7-8,12-13,15H,6,9-11H2,1-3H3,(H,21,23). The number of rotatable bonds is 6. The molecule has 1 aliphatic heterocycles. The number of hydrogen-bond acceptors (Lipinski definition) is 4. The number of nitrogens with zero attached hydrogens (tertiary/aromatic N) is 2. The molecular formula is C19H25N3O3. The van der Waals surface area contributed by atoms with E-state index < -0.39 is 0 Å². The van der Waals surface area contributed by atoms with E-state index in [-0.39, 0.29) is 11.8 Å². The number of aromatic nitrogens is 2. The first-order valence-electron chi connectivity index (χ1n) is 8.63. The molecule has 0 bridgehead atoms. The average Bonchev–Trinajstić information content (AvgIpc) is 3.05. The van der Waals surface area contributed by atoms with Gasteiger partial charge in [0.2, 0.25) is 5.91 Å². The van der Waals surface area contributed by atoms with E-state index in [4.69, 9.17) is 9.47 Å². The van der Waals surface area contributed by atoms with Crippen LogP contribution in [0.3, 0.4) is 0 Å². The Hall–Kier alpha value is -2.50. The van der Waals surface area contributed by atoms with Gasteiger partial charge >= 0.3 is 0 Å². The van der Waals surface area contributed by atoms with Crippen LogP contribution < -0.4 is 14.8 Å². The van der Waals surface area contributed by atoms with Gasteiger partial charge in [-0.25, -0.2) is 4.98 Å². The zero-order valence-corrected chi connectivity index (χ0v) is 15.0. The number of ether oxygens (including phenoxy) is 2. The fourth-order valence-corrected chi connectivity index (χ4v) is 3.02. The summed E-state index contributed by atoms with van der Waals surface area (Å²) in [6.45, 7) is 6.09. The van der Waals surface area contributed by atoms with Crippen LogP contribution in [0, 0.1) is 11.8 Å². The van der Waals surface area contributed by atoms with E-state index in [9.17, 15) is 4.79 Å². The van der Waals surface area contributed by atoms with Gasteiger partial charge in [-0.1, -0.05) is 19.9 Å². The molecule has 6 heteroatoms. The third kappa shape index (κ3) is 4.13. The summed E-state index contributed by atoms with van der Waals surface area (Å²) in [6.07, 6.45) is 4.30. The van der Waals surface area contributed by atoms with E-state index in [1.807, 2.05) is 30.7 Å². The van der Waals surface area contributed by atoms with Gasteiger partial charge in [0.25, 0.3) is 0 Å². The van der Waals surface area contributed by atoms with Crippen molar-refractivity contribution in [1.29, 1.82) is 0 Å². The van der Waals surface area contributed by atoms with E-state index in [0.717, 1.165) is 29.3 Å². The van der Waals surface area contributed by atoms with Crippen LogP contribution in [0.1, 0.15) is 25.1 Å². The van der Waals surface area contributed by atoms with Crippen molar-refractivity contribution in [3.05, 3.63) is 42.0 Å². The summed E-state index contributed by atoms with van der Waals surface area (Å²) in [5.74, 6) is 1.93. The molecule has 25 heavy (non-hydrogen) atoms. The van der Waals surface area contributed by atoms with E-state index in [1.165, 1.54) is 0 Å². The number of carbonyl (C=O) groups excluding carboxylic acids is 1. The fraction of sp³-hybridized carbons (Fsp3) is 0.474.